The normalized spacial score (nSPS) is 12.1. The maximum Gasteiger partial charge on any atom is 0.233 e. The number of ether oxygens (including phenoxy) is 1. The summed E-state index contributed by atoms with van der Waals surface area (Å²) in [5.41, 5.74) is 1.94. The van der Waals surface area contributed by atoms with E-state index in [9.17, 15) is 0 Å². The Bertz CT molecular complexity index is 487. The first-order valence-electron chi connectivity index (χ1n) is 6.36. The minimum Gasteiger partial charge on any atom is -0.480 e. The lowest BCUT2D eigenvalue weighted by molar-refractivity contribution is 0.390. The molecular formula is C14H18N4O. The van der Waals surface area contributed by atoms with Crippen molar-refractivity contribution in [2.75, 3.05) is 13.7 Å². The maximum atomic E-state index is 5.03. The fourth-order valence-corrected chi connectivity index (χ4v) is 1.82. The summed E-state index contributed by atoms with van der Waals surface area (Å²) in [4.78, 5) is 4.16. The molecule has 2 heterocycles. The number of pyridine rings is 1. The van der Waals surface area contributed by atoms with Crippen molar-refractivity contribution in [2.24, 2.45) is 0 Å². The van der Waals surface area contributed by atoms with Gasteiger partial charge in [0.05, 0.1) is 18.8 Å². The van der Waals surface area contributed by atoms with Gasteiger partial charge in [0.25, 0.3) is 0 Å². The van der Waals surface area contributed by atoms with Gasteiger partial charge in [-0.3, -0.25) is 4.98 Å². The standard InChI is InChI=1S/C14H18N4O/c1-3-8-16-14(11-5-4-9-15-10-11)12-6-7-13(19-2)18-17-12/h4-7,9-10,14,16H,3,8H2,1-2H3. The summed E-state index contributed by atoms with van der Waals surface area (Å²) in [6, 6.07) is 7.71. The molecule has 5 heteroatoms. The van der Waals surface area contributed by atoms with E-state index in [0.717, 1.165) is 24.2 Å². The van der Waals surface area contributed by atoms with E-state index in [-0.39, 0.29) is 6.04 Å². The largest absolute Gasteiger partial charge is 0.480 e. The van der Waals surface area contributed by atoms with E-state index in [0.29, 0.717) is 5.88 Å². The molecule has 0 aliphatic carbocycles. The van der Waals surface area contributed by atoms with Crippen molar-refractivity contribution in [3.8, 4) is 5.88 Å². The molecule has 0 fully saturated rings. The predicted molar refractivity (Wildman–Crippen MR) is 73.0 cm³/mol. The van der Waals surface area contributed by atoms with Crippen molar-refractivity contribution >= 4 is 0 Å². The van der Waals surface area contributed by atoms with Gasteiger partial charge in [-0.15, -0.1) is 10.2 Å². The smallest absolute Gasteiger partial charge is 0.233 e. The Kier molecular flexibility index (Phi) is 4.80. The lowest BCUT2D eigenvalue weighted by Gasteiger charge is -2.17. The minimum atomic E-state index is 0.00653. The monoisotopic (exact) mass is 258 g/mol. The van der Waals surface area contributed by atoms with Crippen molar-refractivity contribution in [1.29, 1.82) is 0 Å². The van der Waals surface area contributed by atoms with Crippen LogP contribution in [0, 0.1) is 0 Å². The van der Waals surface area contributed by atoms with E-state index in [4.69, 9.17) is 4.74 Å². The number of hydrogen-bond donors (Lipinski definition) is 1. The first kappa shape index (κ1) is 13.4. The molecule has 0 aliphatic rings. The molecule has 2 aromatic rings. The quantitative estimate of drug-likeness (QED) is 0.858. The fraction of sp³-hybridized carbons (Fsp3) is 0.357. The summed E-state index contributed by atoms with van der Waals surface area (Å²) in [5.74, 6) is 0.518. The number of rotatable bonds is 6. The maximum absolute atomic E-state index is 5.03. The number of hydrogen-bond acceptors (Lipinski definition) is 5. The van der Waals surface area contributed by atoms with Crippen LogP contribution in [-0.2, 0) is 0 Å². The zero-order chi connectivity index (χ0) is 13.5. The van der Waals surface area contributed by atoms with Gasteiger partial charge in [0.1, 0.15) is 0 Å². The molecule has 1 unspecified atom stereocenters. The van der Waals surface area contributed by atoms with Crippen LogP contribution in [0.3, 0.4) is 0 Å². The second-order valence-electron chi connectivity index (χ2n) is 4.17. The summed E-state index contributed by atoms with van der Waals surface area (Å²) < 4.78 is 5.03. The van der Waals surface area contributed by atoms with Crippen molar-refractivity contribution in [3.05, 3.63) is 47.9 Å². The SMILES string of the molecule is CCCNC(c1cccnc1)c1ccc(OC)nn1. The molecule has 0 saturated heterocycles. The van der Waals surface area contributed by atoms with Crippen LogP contribution in [0.1, 0.15) is 30.6 Å². The third-order valence-electron chi connectivity index (χ3n) is 2.78. The Labute approximate surface area is 113 Å². The van der Waals surface area contributed by atoms with Crippen LogP contribution in [-0.4, -0.2) is 28.8 Å². The van der Waals surface area contributed by atoms with Crippen molar-refractivity contribution in [1.82, 2.24) is 20.5 Å². The van der Waals surface area contributed by atoms with Gasteiger partial charge in [-0.05, 0) is 30.7 Å². The first-order chi connectivity index (χ1) is 9.35. The Balaban J connectivity index is 2.26. The summed E-state index contributed by atoms with van der Waals surface area (Å²) in [5, 5.41) is 11.7. The summed E-state index contributed by atoms with van der Waals surface area (Å²) in [6.07, 6.45) is 4.67. The lowest BCUT2D eigenvalue weighted by Crippen LogP contribution is -2.24. The highest BCUT2D eigenvalue weighted by Gasteiger charge is 2.15. The van der Waals surface area contributed by atoms with Gasteiger partial charge >= 0.3 is 0 Å². The van der Waals surface area contributed by atoms with Gasteiger partial charge in [-0.1, -0.05) is 13.0 Å². The van der Waals surface area contributed by atoms with E-state index < -0.39 is 0 Å². The molecule has 2 aromatic heterocycles. The molecule has 0 amide bonds. The summed E-state index contributed by atoms with van der Waals surface area (Å²) >= 11 is 0. The number of nitrogens with zero attached hydrogens (tertiary/aromatic N) is 3. The molecule has 0 spiro atoms. The zero-order valence-corrected chi connectivity index (χ0v) is 11.2. The number of nitrogens with one attached hydrogen (secondary N) is 1. The summed E-state index contributed by atoms with van der Waals surface area (Å²) in [7, 11) is 1.58. The fourth-order valence-electron chi connectivity index (χ4n) is 1.82. The van der Waals surface area contributed by atoms with Gasteiger partial charge in [-0.2, -0.15) is 0 Å². The van der Waals surface area contributed by atoms with E-state index in [1.807, 2.05) is 30.5 Å². The van der Waals surface area contributed by atoms with Crippen LogP contribution >= 0.6 is 0 Å². The number of methoxy groups -OCH3 is 1. The van der Waals surface area contributed by atoms with E-state index in [1.54, 1.807) is 13.3 Å². The molecular weight excluding hydrogens is 240 g/mol. The molecule has 0 radical (unpaired) electrons. The molecule has 5 nitrogen and oxygen atoms in total. The van der Waals surface area contributed by atoms with Crippen LogP contribution in [0.5, 0.6) is 5.88 Å². The lowest BCUT2D eigenvalue weighted by atomic mass is 10.1. The highest BCUT2D eigenvalue weighted by Crippen LogP contribution is 2.20. The van der Waals surface area contributed by atoms with E-state index in [2.05, 4.69) is 27.4 Å². The van der Waals surface area contributed by atoms with Gasteiger partial charge in [-0.25, -0.2) is 0 Å². The molecule has 100 valence electrons. The third-order valence-corrected chi connectivity index (χ3v) is 2.78. The topological polar surface area (TPSA) is 59.9 Å². The van der Waals surface area contributed by atoms with Crippen LogP contribution in [0.4, 0.5) is 0 Å². The van der Waals surface area contributed by atoms with E-state index in [1.165, 1.54) is 0 Å². The van der Waals surface area contributed by atoms with Gasteiger partial charge in [0.15, 0.2) is 0 Å². The average molecular weight is 258 g/mol. The Morgan fingerprint density at radius 3 is 2.74 bits per heavy atom. The van der Waals surface area contributed by atoms with Crippen LogP contribution < -0.4 is 10.1 Å². The van der Waals surface area contributed by atoms with Gasteiger partial charge in [0, 0.05) is 18.5 Å². The van der Waals surface area contributed by atoms with Crippen molar-refractivity contribution < 1.29 is 4.74 Å². The first-order valence-corrected chi connectivity index (χ1v) is 6.36. The molecule has 0 saturated carbocycles. The molecule has 0 aromatic carbocycles. The highest BCUT2D eigenvalue weighted by molar-refractivity contribution is 5.25. The average Bonchev–Trinajstić information content (AvgIpc) is 2.49. The predicted octanol–water partition coefficient (Wildman–Crippen LogP) is 1.97. The minimum absolute atomic E-state index is 0.00653. The van der Waals surface area contributed by atoms with E-state index >= 15 is 0 Å². The third kappa shape index (κ3) is 3.48. The Morgan fingerprint density at radius 2 is 2.16 bits per heavy atom. The van der Waals surface area contributed by atoms with Crippen molar-refractivity contribution in [3.63, 3.8) is 0 Å². The second-order valence-corrected chi connectivity index (χ2v) is 4.17. The second kappa shape index (κ2) is 6.80. The van der Waals surface area contributed by atoms with Crippen LogP contribution in [0.25, 0.3) is 0 Å². The van der Waals surface area contributed by atoms with Crippen LogP contribution in [0.15, 0.2) is 36.7 Å². The molecule has 19 heavy (non-hydrogen) atoms. The Morgan fingerprint density at radius 1 is 1.26 bits per heavy atom. The van der Waals surface area contributed by atoms with Crippen molar-refractivity contribution in [2.45, 2.75) is 19.4 Å². The number of aromatic nitrogens is 3. The molecule has 1 atom stereocenters. The highest BCUT2D eigenvalue weighted by atomic mass is 16.5. The summed E-state index contributed by atoms with van der Waals surface area (Å²) in [6.45, 7) is 3.04. The molecule has 2 rings (SSSR count). The zero-order valence-electron chi connectivity index (χ0n) is 11.2. The molecule has 0 aliphatic heterocycles. The van der Waals surface area contributed by atoms with Gasteiger partial charge < -0.3 is 10.1 Å². The molecule has 1 N–H and O–H groups in total. The Hall–Kier alpha value is -2.01. The van der Waals surface area contributed by atoms with Crippen LogP contribution in [0.2, 0.25) is 0 Å². The molecule has 0 bridgehead atoms. The van der Waals surface area contributed by atoms with Gasteiger partial charge in [0.2, 0.25) is 5.88 Å².